The van der Waals surface area contributed by atoms with E-state index in [1.165, 1.54) is 13.6 Å². The largest absolute Gasteiger partial charge is 0.479 e. The first-order valence-electron chi connectivity index (χ1n) is 3.22. The highest BCUT2D eigenvalue weighted by atomic mass is 31.2. The van der Waals surface area contributed by atoms with Crippen LogP contribution in [0.3, 0.4) is 0 Å². The number of aliphatic carboxylic acids is 1. The molecule has 14 heavy (non-hydrogen) atoms. The van der Waals surface area contributed by atoms with Gasteiger partial charge in [-0.3, -0.25) is 4.57 Å². The molecule has 10 heteroatoms. The zero-order valence-electron chi connectivity index (χ0n) is 7.45. The molecule has 0 aromatic heterocycles. The highest BCUT2D eigenvalue weighted by Crippen LogP contribution is 2.25. The topological polar surface area (TPSA) is 141 Å². The molecular weight excluding hydrogens is 238 g/mol. The molecule has 0 spiro atoms. The maximum atomic E-state index is 10.3. The Morgan fingerprint density at radius 3 is 1.79 bits per heavy atom. The fraction of sp³-hybridized carbons (Fsp3) is 0.750. The van der Waals surface area contributed by atoms with E-state index in [-0.39, 0.29) is 0 Å². The Balaban J connectivity index is 0. The Hall–Kier alpha value is -0.230. The van der Waals surface area contributed by atoms with Gasteiger partial charge in [-0.15, -0.1) is 0 Å². The molecule has 0 aromatic rings. The zero-order chi connectivity index (χ0) is 11.9. The molecule has 0 aliphatic carbocycles. The van der Waals surface area contributed by atoms with Gasteiger partial charge in [0.2, 0.25) is 0 Å². The van der Waals surface area contributed by atoms with E-state index < -0.39 is 27.9 Å². The number of carboxylic acid groups (broad SMARTS) is 1. The Morgan fingerprint density at radius 2 is 1.71 bits per heavy atom. The van der Waals surface area contributed by atoms with E-state index in [1.807, 2.05) is 0 Å². The lowest BCUT2D eigenvalue weighted by Crippen LogP contribution is -2.16. The van der Waals surface area contributed by atoms with E-state index in [0.717, 1.165) is 0 Å². The molecule has 0 radical (unpaired) electrons. The minimum Gasteiger partial charge on any atom is -0.479 e. The molecule has 0 fully saturated rings. The maximum Gasteiger partial charge on any atom is 0.466 e. The van der Waals surface area contributed by atoms with Gasteiger partial charge in [0.15, 0.2) is 14.1 Å². The molecule has 86 valence electrons. The van der Waals surface area contributed by atoms with Gasteiger partial charge in [0.1, 0.15) is 0 Å². The van der Waals surface area contributed by atoms with Crippen LogP contribution in [-0.2, 0) is 18.4 Å². The van der Waals surface area contributed by atoms with Gasteiger partial charge >= 0.3 is 13.8 Å². The Bertz CT molecular complexity index is 235. The second-order valence-electron chi connectivity index (χ2n) is 2.10. The fourth-order valence-electron chi connectivity index (χ4n) is 0.299. The van der Waals surface area contributed by atoms with E-state index in [1.54, 1.807) is 0 Å². The predicted molar refractivity (Wildman–Crippen MR) is 47.4 cm³/mol. The third-order valence-electron chi connectivity index (χ3n) is 0.691. The van der Waals surface area contributed by atoms with Crippen LogP contribution in [0.1, 0.15) is 6.92 Å². The Kier molecular flexibility index (Phi) is 8.24. The van der Waals surface area contributed by atoms with E-state index >= 15 is 0 Å². The second kappa shape index (κ2) is 7.11. The van der Waals surface area contributed by atoms with E-state index in [2.05, 4.69) is 4.52 Å². The zero-order valence-corrected chi connectivity index (χ0v) is 9.34. The molecule has 0 saturated carbocycles. The van der Waals surface area contributed by atoms with Crippen molar-refractivity contribution in [3.63, 3.8) is 0 Å². The number of rotatable bonds is 3. The van der Waals surface area contributed by atoms with Crippen molar-refractivity contribution in [1.29, 1.82) is 0 Å². The molecule has 0 saturated heterocycles. The molecule has 0 heterocycles. The van der Waals surface area contributed by atoms with E-state index in [4.69, 9.17) is 24.4 Å². The van der Waals surface area contributed by atoms with Crippen LogP contribution in [0.15, 0.2) is 0 Å². The molecule has 0 rings (SSSR count). The first-order valence-corrected chi connectivity index (χ1v) is 6.60. The van der Waals surface area contributed by atoms with Crippen LogP contribution in [0.2, 0.25) is 0 Å². The highest BCUT2D eigenvalue weighted by molar-refractivity contribution is 7.45. The third-order valence-corrected chi connectivity index (χ3v) is 1.38. The fourth-order valence-corrected chi connectivity index (χ4v) is 0.898. The van der Waals surface area contributed by atoms with Crippen LogP contribution in [0, 0.1) is 0 Å². The summed E-state index contributed by atoms with van der Waals surface area (Å²) in [6.45, 7) is 2.69. The van der Waals surface area contributed by atoms with Crippen molar-refractivity contribution in [2.75, 3.05) is 6.66 Å². The summed E-state index contributed by atoms with van der Waals surface area (Å²) in [6.07, 6.45) is -0.957. The van der Waals surface area contributed by atoms with Crippen molar-refractivity contribution in [3.05, 3.63) is 0 Å². The Labute approximate surface area is 80.6 Å². The summed E-state index contributed by atoms with van der Waals surface area (Å²) >= 11 is 0. The smallest absolute Gasteiger partial charge is 0.466 e. The standard InChI is InChI=1S/C4H9O4P.H3O4P/c1-3(4(5)6)8-9(2)7;1-5(2,3)4/h3,9H,1-2H3,(H,5,6);(H3,1,2,3,4). The molecule has 8 nitrogen and oxygen atoms in total. The van der Waals surface area contributed by atoms with Gasteiger partial charge in [0.25, 0.3) is 0 Å². The lowest BCUT2D eigenvalue weighted by atomic mass is 10.4. The first-order chi connectivity index (χ1) is 6.04. The quantitative estimate of drug-likeness (QED) is 0.498. The van der Waals surface area contributed by atoms with Gasteiger partial charge in [-0.25, -0.2) is 9.36 Å². The summed E-state index contributed by atoms with van der Waals surface area (Å²) in [5, 5.41) is 8.18. The number of hydrogen-bond donors (Lipinski definition) is 4. The number of carbonyl (C=O) groups is 1. The predicted octanol–water partition coefficient (Wildman–Crippen LogP) is -0.348. The van der Waals surface area contributed by atoms with Gasteiger partial charge in [-0.2, -0.15) is 0 Å². The molecule has 0 bridgehead atoms. The third kappa shape index (κ3) is 22.6. The molecular formula is C4H12O8P2. The van der Waals surface area contributed by atoms with E-state index in [0.29, 0.717) is 0 Å². The van der Waals surface area contributed by atoms with Crippen LogP contribution in [-0.4, -0.2) is 38.5 Å². The number of hydrogen-bond acceptors (Lipinski definition) is 4. The highest BCUT2D eigenvalue weighted by Gasteiger charge is 2.11. The van der Waals surface area contributed by atoms with Crippen molar-refractivity contribution >= 4 is 21.8 Å². The first kappa shape index (κ1) is 16.2. The lowest BCUT2D eigenvalue weighted by molar-refractivity contribution is -0.144. The summed E-state index contributed by atoms with van der Waals surface area (Å²) in [5.74, 6) is -1.09. The van der Waals surface area contributed by atoms with E-state index in [9.17, 15) is 9.36 Å². The average Bonchev–Trinajstić information content (AvgIpc) is 1.80. The van der Waals surface area contributed by atoms with Gasteiger partial charge in [-0.1, -0.05) is 0 Å². The summed E-state index contributed by atoms with van der Waals surface area (Å²) < 4.78 is 23.6. The van der Waals surface area contributed by atoms with Crippen molar-refractivity contribution in [1.82, 2.24) is 0 Å². The van der Waals surface area contributed by atoms with Crippen LogP contribution < -0.4 is 0 Å². The Morgan fingerprint density at radius 1 is 1.43 bits per heavy atom. The van der Waals surface area contributed by atoms with Crippen LogP contribution in [0.4, 0.5) is 0 Å². The molecule has 2 atom stereocenters. The molecule has 4 N–H and O–H groups in total. The lowest BCUT2D eigenvalue weighted by Gasteiger charge is -2.03. The van der Waals surface area contributed by atoms with Crippen molar-refractivity contribution in [2.45, 2.75) is 13.0 Å². The maximum absolute atomic E-state index is 10.3. The summed E-state index contributed by atoms with van der Waals surface area (Å²) in [4.78, 5) is 31.5. The van der Waals surface area contributed by atoms with Crippen LogP contribution >= 0.6 is 15.9 Å². The minimum atomic E-state index is -4.64. The monoisotopic (exact) mass is 250 g/mol. The summed E-state index contributed by atoms with van der Waals surface area (Å²) in [6, 6.07) is 0. The van der Waals surface area contributed by atoms with Crippen molar-refractivity contribution in [2.24, 2.45) is 0 Å². The normalized spacial score (nSPS) is 14.9. The summed E-state index contributed by atoms with van der Waals surface area (Å²) in [5.41, 5.74) is 0. The van der Waals surface area contributed by atoms with Gasteiger partial charge in [0.05, 0.1) is 0 Å². The molecule has 2 unspecified atom stereocenters. The summed E-state index contributed by atoms with van der Waals surface area (Å²) in [7, 11) is -6.75. The van der Waals surface area contributed by atoms with Gasteiger partial charge in [0, 0.05) is 6.66 Å². The van der Waals surface area contributed by atoms with Crippen LogP contribution in [0.25, 0.3) is 0 Å². The van der Waals surface area contributed by atoms with Gasteiger partial charge in [-0.05, 0) is 6.92 Å². The average molecular weight is 250 g/mol. The van der Waals surface area contributed by atoms with Crippen molar-refractivity contribution in [3.8, 4) is 0 Å². The SMILES string of the molecule is CC(O[PH](C)=O)C(=O)O.O=P(O)(O)O. The minimum absolute atomic E-state index is 0.957. The number of carboxylic acids is 1. The second-order valence-corrected chi connectivity index (χ2v) is 4.35. The number of phosphoric acid groups is 1. The van der Waals surface area contributed by atoms with Crippen molar-refractivity contribution < 1.29 is 38.2 Å². The molecule has 0 aliphatic rings. The molecule has 0 amide bonds. The molecule has 0 aromatic carbocycles. The van der Waals surface area contributed by atoms with Crippen LogP contribution in [0.5, 0.6) is 0 Å². The van der Waals surface area contributed by atoms with Gasteiger partial charge < -0.3 is 24.3 Å². The molecule has 0 aliphatic heterocycles.